The first-order valence-corrected chi connectivity index (χ1v) is 6.73. The maximum atomic E-state index is 9.47. The molecule has 0 bridgehead atoms. The van der Waals surface area contributed by atoms with Gasteiger partial charge in [0, 0.05) is 12.1 Å². The van der Waals surface area contributed by atoms with E-state index in [0.717, 1.165) is 11.3 Å². The number of anilines is 1. The molecule has 1 N–H and O–H groups in total. The van der Waals surface area contributed by atoms with Crippen LogP contribution < -0.4 is 9.64 Å². The molecule has 0 amide bonds. The van der Waals surface area contributed by atoms with Crippen molar-refractivity contribution in [2.24, 2.45) is 0 Å². The summed E-state index contributed by atoms with van der Waals surface area (Å²) in [5.74, 6) is 1.55. The predicted octanol–water partition coefficient (Wildman–Crippen LogP) is 2.02. The Morgan fingerprint density at radius 2 is 2.15 bits per heavy atom. The van der Waals surface area contributed by atoms with E-state index in [1.807, 2.05) is 29.2 Å². The van der Waals surface area contributed by atoms with Crippen molar-refractivity contribution in [3.8, 4) is 5.75 Å². The summed E-state index contributed by atoms with van der Waals surface area (Å²) < 4.78 is 5.72. The number of aromatic nitrogens is 2. The molecule has 6 heteroatoms. The van der Waals surface area contributed by atoms with Gasteiger partial charge in [0.15, 0.2) is 0 Å². The van der Waals surface area contributed by atoms with Gasteiger partial charge < -0.3 is 14.7 Å². The number of para-hydroxylation sites is 1. The molecule has 1 aliphatic rings. The third-order valence-corrected chi connectivity index (χ3v) is 3.61. The maximum Gasteiger partial charge on any atom is 0.140 e. The summed E-state index contributed by atoms with van der Waals surface area (Å²) in [5, 5.41) is 9.76. The molecule has 0 fully saturated rings. The van der Waals surface area contributed by atoms with Crippen LogP contribution in [0.15, 0.2) is 30.6 Å². The summed E-state index contributed by atoms with van der Waals surface area (Å²) in [6.07, 6.45) is 1.41. The van der Waals surface area contributed by atoms with E-state index >= 15 is 0 Å². The number of fused-ring (bicyclic) bond motifs is 1. The zero-order valence-corrected chi connectivity index (χ0v) is 11.5. The third-order valence-electron chi connectivity index (χ3n) is 3.28. The maximum absolute atomic E-state index is 9.47. The van der Waals surface area contributed by atoms with Crippen molar-refractivity contribution in [1.82, 2.24) is 9.97 Å². The fraction of sp³-hybridized carbons (Fsp3) is 0.286. The highest BCUT2D eigenvalue weighted by atomic mass is 35.5. The van der Waals surface area contributed by atoms with E-state index < -0.39 is 0 Å². The molecule has 0 aliphatic carbocycles. The first-order chi connectivity index (χ1) is 9.79. The highest BCUT2D eigenvalue weighted by Crippen LogP contribution is 2.28. The molecule has 0 unspecified atom stereocenters. The average molecular weight is 292 g/mol. The first kappa shape index (κ1) is 13.1. The zero-order chi connectivity index (χ0) is 13.9. The molecule has 0 spiro atoms. The Balaban J connectivity index is 1.98. The molecule has 0 saturated heterocycles. The number of ether oxygens (including phenoxy) is 1. The lowest BCUT2D eigenvalue weighted by molar-refractivity contribution is 0.280. The fourth-order valence-corrected chi connectivity index (χ4v) is 2.49. The number of benzene rings is 1. The fourth-order valence-electron chi connectivity index (χ4n) is 2.30. The molecule has 20 heavy (non-hydrogen) atoms. The van der Waals surface area contributed by atoms with Crippen LogP contribution in [0.3, 0.4) is 0 Å². The summed E-state index contributed by atoms with van der Waals surface area (Å²) in [6.45, 7) is 1.71. The average Bonchev–Trinajstić information content (AvgIpc) is 2.69. The van der Waals surface area contributed by atoms with Crippen LogP contribution in [0.4, 0.5) is 5.82 Å². The Labute approximate surface area is 121 Å². The van der Waals surface area contributed by atoms with Crippen LogP contribution >= 0.6 is 11.6 Å². The van der Waals surface area contributed by atoms with E-state index in [1.54, 1.807) is 0 Å². The van der Waals surface area contributed by atoms with Crippen molar-refractivity contribution in [2.75, 3.05) is 18.1 Å². The normalized spacial score (nSPS) is 14.4. The highest BCUT2D eigenvalue weighted by Gasteiger charge is 2.20. The van der Waals surface area contributed by atoms with E-state index in [4.69, 9.17) is 16.3 Å². The zero-order valence-electron chi connectivity index (χ0n) is 10.8. The number of aliphatic hydroxyl groups is 1. The topological polar surface area (TPSA) is 58.5 Å². The monoisotopic (exact) mass is 291 g/mol. The largest absolute Gasteiger partial charge is 0.491 e. The molecule has 5 nitrogen and oxygen atoms in total. The van der Waals surface area contributed by atoms with Gasteiger partial charge in [-0.05, 0) is 6.07 Å². The minimum atomic E-state index is -0.186. The van der Waals surface area contributed by atoms with Gasteiger partial charge in [0.2, 0.25) is 0 Å². The Hall–Kier alpha value is -1.85. The van der Waals surface area contributed by atoms with Crippen LogP contribution in [-0.2, 0) is 13.2 Å². The van der Waals surface area contributed by atoms with Crippen LogP contribution in [-0.4, -0.2) is 28.2 Å². The Morgan fingerprint density at radius 3 is 3.00 bits per heavy atom. The van der Waals surface area contributed by atoms with Crippen LogP contribution in [0, 0.1) is 0 Å². The summed E-state index contributed by atoms with van der Waals surface area (Å²) >= 11 is 6.02. The van der Waals surface area contributed by atoms with Crippen molar-refractivity contribution in [3.63, 3.8) is 0 Å². The van der Waals surface area contributed by atoms with Crippen LogP contribution in [0.2, 0.25) is 5.15 Å². The number of nitrogens with zero attached hydrogens (tertiary/aromatic N) is 3. The van der Waals surface area contributed by atoms with Crippen molar-refractivity contribution >= 4 is 17.4 Å². The van der Waals surface area contributed by atoms with Gasteiger partial charge in [-0.3, -0.25) is 0 Å². The Kier molecular flexibility index (Phi) is 3.71. The third kappa shape index (κ3) is 2.42. The quantitative estimate of drug-likeness (QED) is 0.858. The van der Waals surface area contributed by atoms with E-state index in [-0.39, 0.29) is 11.8 Å². The lowest BCUT2D eigenvalue weighted by atomic mass is 10.2. The minimum Gasteiger partial charge on any atom is -0.491 e. The van der Waals surface area contributed by atoms with E-state index in [2.05, 4.69) is 9.97 Å². The van der Waals surface area contributed by atoms with Crippen molar-refractivity contribution < 1.29 is 9.84 Å². The molecule has 1 aromatic carbocycles. The Bertz CT molecular complexity index is 621. The van der Waals surface area contributed by atoms with E-state index in [1.165, 1.54) is 6.33 Å². The molecule has 0 radical (unpaired) electrons. The number of hydrogen-bond acceptors (Lipinski definition) is 5. The number of aliphatic hydroxyl groups excluding tert-OH is 1. The molecule has 104 valence electrons. The first-order valence-electron chi connectivity index (χ1n) is 6.35. The molecular weight excluding hydrogens is 278 g/mol. The van der Waals surface area contributed by atoms with Crippen molar-refractivity contribution in [3.05, 3.63) is 46.9 Å². The minimum absolute atomic E-state index is 0.186. The predicted molar refractivity (Wildman–Crippen MR) is 76.0 cm³/mol. The van der Waals surface area contributed by atoms with Gasteiger partial charge in [0.25, 0.3) is 0 Å². The van der Waals surface area contributed by atoms with Crippen LogP contribution in [0.1, 0.15) is 11.1 Å². The summed E-state index contributed by atoms with van der Waals surface area (Å²) in [5.41, 5.74) is 1.64. The summed E-state index contributed by atoms with van der Waals surface area (Å²) in [4.78, 5) is 10.2. The summed E-state index contributed by atoms with van der Waals surface area (Å²) in [7, 11) is 0. The second-order valence-electron chi connectivity index (χ2n) is 4.50. The number of rotatable bonds is 2. The second-order valence-corrected chi connectivity index (χ2v) is 4.86. The number of hydrogen-bond donors (Lipinski definition) is 1. The lowest BCUT2D eigenvalue weighted by Gasteiger charge is -2.23. The van der Waals surface area contributed by atoms with Crippen LogP contribution in [0.5, 0.6) is 5.75 Å². The second kappa shape index (κ2) is 5.64. The molecule has 0 saturated carbocycles. The SMILES string of the molecule is OCc1c(Cl)ncnc1N1CCOc2ccccc2C1. The molecule has 1 aromatic heterocycles. The van der Waals surface area contributed by atoms with E-state index in [0.29, 0.717) is 31.1 Å². The highest BCUT2D eigenvalue weighted by molar-refractivity contribution is 6.30. The smallest absolute Gasteiger partial charge is 0.140 e. The molecule has 2 heterocycles. The molecule has 0 atom stereocenters. The molecule has 3 rings (SSSR count). The van der Waals surface area contributed by atoms with Gasteiger partial charge >= 0.3 is 0 Å². The lowest BCUT2D eigenvalue weighted by Crippen LogP contribution is -2.27. The van der Waals surface area contributed by atoms with Gasteiger partial charge in [-0.15, -0.1) is 0 Å². The van der Waals surface area contributed by atoms with Gasteiger partial charge in [0.1, 0.15) is 29.7 Å². The molecule has 2 aromatic rings. The molecule has 1 aliphatic heterocycles. The summed E-state index contributed by atoms with van der Waals surface area (Å²) in [6, 6.07) is 7.91. The Morgan fingerprint density at radius 1 is 1.30 bits per heavy atom. The van der Waals surface area contributed by atoms with E-state index in [9.17, 15) is 5.11 Å². The van der Waals surface area contributed by atoms with Crippen LogP contribution in [0.25, 0.3) is 0 Å². The van der Waals surface area contributed by atoms with Gasteiger partial charge in [-0.1, -0.05) is 29.8 Å². The van der Waals surface area contributed by atoms with Gasteiger partial charge in [-0.2, -0.15) is 0 Å². The van der Waals surface area contributed by atoms with Gasteiger partial charge in [-0.25, -0.2) is 9.97 Å². The van der Waals surface area contributed by atoms with Crippen molar-refractivity contribution in [2.45, 2.75) is 13.2 Å². The molecular formula is C14H14ClN3O2. The van der Waals surface area contributed by atoms with Gasteiger partial charge in [0.05, 0.1) is 18.7 Å². The standard InChI is InChI=1S/C14H14ClN3O2/c15-13-11(8-19)14(17-9-16-13)18-5-6-20-12-4-2-1-3-10(12)7-18/h1-4,9,19H,5-8H2. The number of halogens is 1. The van der Waals surface area contributed by atoms with Crippen molar-refractivity contribution in [1.29, 1.82) is 0 Å².